The van der Waals surface area contributed by atoms with Gasteiger partial charge < -0.3 is 11.6 Å². The van der Waals surface area contributed by atoms with Crippen molar-refractivity contribution in [3.05, 3.63) is 98.6 Å². The maximum absolute atomic E-state index is 3.46. The van der Waals surface area contributed by atoms with E-state index < -0.39 is 0 Å². The maximum Gasteiger partial charge on any atom is 2.00 e. The van der Waals surface area contributed by atoms with E-state index in [9.17, 15) is 0 Å². The molecule has 2 fully saturated rings. The van der Waals surface area contributed by atoms with E-state index in [1.54, 1.807) is 0 Å². The third-order valence-electron chi connectivity index (χ3n) is 3.43. The van der Waals surface area contributed by atoms with Crippen LogP contribution in [-0.4, -0.2) is 0 Å². The van der Waals surface area contributed by atoms with Gasteiger partial charge in [-0.25, -0.2) is 8.19 Å². The van der Waals surface area contributed by atoms with Crippen molar-refractivity contribution >= 4 is 13.8 Å². The molecular weight excluding hydrogens is 398 g/mol. The fraction of sp³-hybridized carbons (Fsp3) is 0.261. The molecule has 0 N–H and O–H groups in total. The van der Waals surface area contributed by atoms with Crippen LogP contribution in [0.1, 0.15) is 43.1 Å². The Balaban J connectivity index is 0.000000425. The number of allylic oxidation sites excluding steroid dienone is 2. The summed E-state index contributed by atoms with van der Waals surface area (Å²) in [4.78, 5) is 0. The second-order valence-electron chi connectivity index (χ2n) is 5.33. The summed E-state index contributed by atoms with van der Waals surface area (Å²) in [5.41, 5.74) is 3.95. The molecule has 10 radical (unpaired) electrons. The topological polar surface area (TPSA) is 0 Å². The second kappa shape index (κ2) is 16.4. The van der Waals surface area contributed by atoms with Crippen molar-refractivity contribution in [3.63, 3.8) is 0 Å². The Kier molecular flexibility index (Phi) is 16.6. The van der Waals surface area contributed by atoms with Gasteiger partial charge in [0.1, 0.15) is 0 Å². The molecule has 0 nitrogen and oxygen atoms in total. The molecule has 0 aliphatic heterocycles. The van der Waals surface area contributed by atoms with Crippen LogP contribution in [0.2, 0.25) is 0 Å². The van der Waals surface area contributed by atoms with Crippen molar-refractivity contribution in [3.8, 4) is 0 Å². The fourth-order valence-corrected chi connectivity index (χ4v) is 3.09. The van der Waals surface area contributed by atoms with Crippen LogP contribution in [0.25, 0.3) is 5.57 Å². The van der Waals surface area contributed by atoms with Crippen molar-refractivity contribution < 1.29 is 26.2 Å². The van der Waals surface area contributed by atoms with Crippen LogP contribution in [0.3, 0.4) is 0 Å². The van der Waals surface area contributed by atoms with Gasteiger partial charge in [0.15, 0.2) is 0 Å². The monoisotopic (exact) mass is 424 g/mol. The molecule has 0 aromatic carbocycles. The molecule has 2 saturated carbocycles. The molecule has 0 atom stereocenters. The molecular formula is C23H27PZr. The SMILES string of the molecule is CC[C-]=C(CC)c1[c-]c(C)c(C)cp1.[CH]1[CH][CH][CH][CH]1.[CH]1[CH][CH][CH][CH]1.[Zr+2]. The van der Waals surface area contributed by atoms with Crippen molar-refractivity contribution in [2.45, 2.75) is 40.5 Å². The quantitative estimate of drug-likeness (QED) is 0.471. The largest absolute Gasteiger partial charge is 2.00 e. The van der Waals surface area contributed by atoms with Gasteiger partial charge in [0.2, 0.25) is 0 Å². The Hall–Kier alpha value is 0.273. The standard InChI is InChI=1S/C13H17P.2C5H5.Zr/c1-5-7-12(6-2)13-8-10(3)11(4)9-14-13;2*1-2-4-5-3-1;/h9H,5-6H2,1-4H3;2*1-5H;/q-2;;;+2. The minimum atomic E-state index is 0. The van der Waals surface area contributed by atoms with E-state index >= 15 is 0 Å². The number of aryl methyl sites for hydroxylation is 2. The summed E-state index contributed by atoms with van der Waals surface area (Å²) in [6, 6.07) is 3.46. The molecule has 1 aromatic rings. The molecule has 2 heteroatoms. The van der Waals surface area contributed by atoms with Gasteiger partial charge in [-0.15, -0.1) is 24.2 Å². The molecule has 3 rings (SSSR count). The molecule has 0 spiro atoms. The zero-order valence-corrected chi connectivity index (χ0v) is 19.1. The van der Waals surface area contributed by atoms with Crippen LogP contribution in [0, 0.1) is 90.2 Å². The molecule has 0 amide bonds. The predicted molar refractivity (Wildman–Crippen MR) is 107 cm³/mol. The molecule has 2 aliphatic rings. The third-order valence-corrected chi connectivity index (χ3v) is 4.58. The van der Waals surface area contributed by atoms with Crippen LogP contribution in [0.15, 0.2) is 5.80 Å². The van der Waals surface area contributed by atoms with Gasteiger partial charge in [-0.3, -0.25) is 11.4 Å². The van der Waals surface area contributed by atoms with Crippen molar-refractivity contribution in [1.29, 1.82) is 0 Å². The molecule has 2 aliphatic carbocycles. The van der Waals surface area contributed by atoms with Gasteiger partial charge in [-0.1, -0.05) is 27.7 Å². The normalized spacial score (nSPS) is 16.6. The number of hydrogen-bond donors (Lipinski definition) is 0. The van der Waals surface area contributed by atoms with Crippen molar-refractivity contribution in [1.82, 2.24) is 0 Å². The first kappa shape index (κ1) is 25.3. The van der Waals surface area contributed by atoms with Gasteiger partial charge in [0.05, 0.1) is 0 Å². The van der Waals surface area contributed by atoms with Gasteiger partial charge in [-0.2, -0.15) is 5.56 Å². The second-order valence-corrected chi connectivity index (χ2v) is 6.29. The van der Waals surface area contributed by atoms with Gasteiger partial charge in [0, 0.05) is 0 Å². The van der Waals surface area contributed by atoms with Crippen LogP contribution < -0.4 is 0 Å². The van der Waals surface area contributed by atoms with Crippen molar-refractivity contribution in [2.24, 2.45) is 0 Å². The Morgan fingerprint density at radius 3 is 1.64 bits per heavy atom. The summed E-state index contributed by atoms with van der Waals surface area (Å²) in [7, 11) is 1.28. The van der Waals surface area contributed by atoms with E-state index in [1.165, 1.54) is 30.2 Å². The summed E-state index contributed by atoms with van der Waals surface area (Å²) in [6.45, 7) is 8.58. The smallest absolute Gasteiger partial charge is 0.339 e. The van der Waals surface area contributed by atoms with Crippen LogP contribution in [0.4, 0.5) is 0 Å². The summed E-state index contributed by atoms with van der Waals surface area (Å²) in [5, 5.41) is 1.30. The predicted octanol–water partition coefficient (Wildman–Crippen LogP) is 6.73. The van der Waals surface area contributed by atoms with E-state index in [0.29, 0.717) is 0 Å². The third kappa shape index (κ3) is 11.6. The Morgan fingerprint density at radius 2 is 1.32 bits per heavy atom. The molecule has 0 saturated heterocycles. The van der Waals surface area contributed by atoms with E-state index in [-0.39, 0.29) is 26.2 Å². The molecule has 25 heavy (non-hydrogen) atoms. The first-order valence-corrected chi connectivity index (χ1v) is 9.44. The van der Waals surface area contributed by atoms with Gasteiger partial charge in [0.25, 0.3) is 0 Å². The molecule has 1 aromatic heterocycles. The fourth-order valence-electron chi connectivity index (χ4n) is 1.95. The average molecular weight is 426 g/mol. The Labute approximate surface area is 178 Å². The molecule has 128 valence electrons. The minimum absolute atomic E-state index is 0. The summed E-state index contributed by atoms with van der Waals surface area (Å²) < 4.78 is 0. The molecule has 0 unspecified atom stereocenters. The number of rotatable bonds is 3. The Morgan fingerprint density at radius 1 is 0.880 bits per heavy atom. The van der Waals surface area contributed by atoms with Crippen LogP contribution in [-0.2, 0) is 26.2 Å². The first-order chi connectivity index (χ1) is 11.7. The van der Waals surface area contributed by atoms with E-state index in [0.717, 1.165) is 12.8 Å². The van der Waals surface area contributed by atoms with Crippen LogP contribution in [0.5, 0.6) is 0 Å². The van der Waals surface area contributed by atoms with Crippen molar-refractivity contribution in [2.75, 3.05) is 0 Å². The van der Waals surface area contributed by atoms with E-state index in [1.807, 2.05) is 64.2 Å². The van der Waals surface area contributed by atoms with Gasteiger partial charge in [-0.05, 0) is 64.2 Å². The molecule has 0 bridgehead atoms. The number of hydrogen-bond acceptors (Lipinski definition) is 0. The molecule has 1 heterocycles. The minimum Gasteiger partial charge on any atom is -0.339 e. The summed E-state index contributed by atoms with van der Waals surface area (Å²) in [5.74, 6) is 2.26. The zero-order chi connectivity index (χ0) is 17.6. The van der Waals surface area contributed by atoms with E-state index in [4.69, 9.17) is 0 Å². The Bertz CT molecular complexity index is 446. The maximum atomic E-state index is 3.46. The summed E-state index contributed by atoms with van der Waals surface area (Å²) in [6.07, 6.45) is 25.5. The van der Waals surface area contributed by atoms with Gasteiger partial charge >= 0.3 is 26.2 Å². The van der Waals surface area contributed by atoms with Crippen LogP contribution >= 0.6 is 8.19 Å². The first-order valence-electron chi connectivity index (χ1n) is 8.48. The average Bonchev–Trinajstić information content (AvgIpc) is 3.33. The van der Waals surface area contributed by atoms with E-state index in [2.05, 4.69) is 45.6 Å². The summed E-state index contributed by atoms with van der Waals surface area (Å²) >= 11 is 0. The zero-order valence-electron chi connectivity index (χ0n) is 15.7.